The van der Waals surface area contributed by atoms with Gasteiger partial charge >= 0.3 is 5.97 Å². The summed E-state index contributed by atoms with van der Waals surface area (Å²) in [6.45, 7) is 4.48. The van der Waals surface area contributed by atoms with Crippen LogP contribution in [0.5, 0.6) is 5.75 Å². The first-order valence-corrected chi connectivity index (χ1v) is 10.6. The lowest BCUT2D eigenvalue weighted by Gasteiger charge is -2.38. The van der Waals surface area contributed by atoms with Gasteiger partial charge < -0.3 is 14.7 Å². The molecule has 4 rings (SSSR count). The van der Waals surface area contributed by atoms with E-state index in [1.165, 1.54) is 24.9 Å². The molecule has 2 heterocycles. The highest BCUT2D eigenvalue weighted by atomic mass is 16.5. The number of carboxylic acids is 1. The molecule has 1 unspecified atom stereocenters. The van der Waals surface area contributed by atoms with Gasteiger partial charge in [-0.15, -0.1) is 0 Å². The predicted octanol–water partition coefficient (Wildman–Crippen LogP) is 3.93. The quantitative estimate of drug-likeness (QED) is 0.805. The summed E-state index contributed by atoms with van der Waals surface area (Å²) in [6.07, 6.45) is 4.58. The number of carboxylic acid groups (broad SMARTS) is 1. The molecule has 2 aliphatic rings. The summed E-state index contributed by atoms with van der Waals surface area (Å²) in [5.41, 5.74) is 2.82. The molecule has 0 spiro atoms. The maximum absolute atomic E-state index is 11.2. The van der Waals surface area contributed by atoms with E-state index in [-0.39, 0.29) is 0 Å². The minimum Gasteiger partial charge on any atom is -0.497 e. The molecular weight excluding hydrogens is 364 g/mol. The second kappa shape index (κ2) is 8.87. The van der Waals surface area contributed by atoms with Crippen molar-refractivity contribution in [2.45, 2.75) is 31.7 Å². The molecular formula is C24H30N2O3. The van der Waals surface area contributed by atoms with Crippen LogP contribution in [0.1, 0.15) is 35.2 Å². The van der Waals surface area contributed by atoms with E-state index in [4.69, 9.17) is 4.74 Å². The Morgan fingerprint density at radius 1 is 1.07 bits per heavy atom. The standard InChI is InChI=1S/C24H30N2O3/c1-29-23-7-5-21(6-8-23)25-13-10-22(11-14-25)26-12-9-19(17-26)15-18-3-2-4-20(16-18)24(27)28/h2-8,16,19,22H,9-15,17H2,1H3,(H,27,28). The van der Waals surface area contributed by atoms with Crippen LogP contribution < -0.4 is 9.64 Å². The number of hydrogen-bond donors (Lipinski definition) is 1. The molecule has 0 bridgehead atoms. The zero-order valence-corrected chi connectivity index (χ0v) is 17.1. The monoisotopic (exact) mass is 394 g/mol. The van der Waals surface area contributed by atoms with Crippen LogP contribution in [0.2, 0.25) is 0 Å². The van der Waals surface area contributed by atoms with Crippen LogP contribution in [0.25, 0.3) is 0 Å². The number of ether oxygens (including phenoxy) is 1. The van der Waals surface area contributed by atoms with Gasteiger partial charge in [0.1, 0.15) is 5.75 Å². The van der Waals surface area contributed by atoms with Gasteiger partial charge in [-0.3, -0.25) is 4.90 Å². The Morgan fingerprint density at radius 2 is 1.83 bits per heavy atom. The zero-order chi connectivity index (χ0) is 20.2. The van der Waals surface area contributed by atoms with E-state index >= 15 is 0 Å². The third kappa shape index (κ3) is 4.73. The molecule has 29 heavy (non-hydrogen) atoms. The van der Waals surface area contributed by atoms with E-state index in [1.807, 2.05) is 24.3 Å². The van der Waals surface area contributed by atoms with Gasteiger partial charge in [0.15, 0.2) is 0 Å². The first kappa shape index (κ1) is 19.8. The smallest absolute Gasteiger partial charge is 0.335 e. The summed E-state index contributed by atoms with van der Waals surface area (Å²) in [4.78, 5) is 16.3. The number of methoxy groups -OCH3 is 1. The fourth-order valence-electron chi connectivity index (χ4n) is 4.81. The number of rotatable bonds is 6. The SMILES string of the molecule is COc1ccc(N2CCC(N3CCC(Cc4cccc(C(=O)O)c4)C3)CC2)cc1. The Bertz CT molecular complexity index is 828. The Balaban J connectivity index is 1.28. The summed E-state index contributed by atoms with van der Waals surface area (Å²) in [7, 11) is 1.70. The molecule has 2 aromatic rings. The lowest BCUT2D eigenvalue weighted by molar-refractivity contribution is 0.0696. The first-order valence-electron chi connectivity index (χ1n) is 10.6. The summed E-state index contributed by atoms with van der Waals surface area (Å²) < 4.78 is 5.26. The number of hydrogen-bond acceptors (Lipinski definition) is 4. The van der Waals surface area contributed by atoms with Crippen molar-refractivity contribution in [2.75, 3.05) is 38.2 Å². The average molecular weight is 395 g/mol. The van der Waals surface area contributed by atoms with E-state index in [1.54, 1.807) is 13.2 Å². The van der Waals surface area contributed by atoms with Crippen molar-refractivity contribution in [3.8, 4) is 5.75 Å². The zero-order valence-electron chi connectivity index (χ0n) is 17.1. The van der Waals surface area contributed by atoms with E-state index in [0.717, 1.165) is 43.9 Å². The third-order valence-corrected chi connectivity index (χ3v) is 6.43. The third-order valence-electron chi connectivity index (χ3n) is 6.43. The van der Waals surface area contributed by atoms with Gasteiger partial charge in [-0.1, -0.05) is 12.1 Å². The molecule has 2 saturated heterocycles. The van der Waals surface area contributed by atoms with Crippen molar-refractivity contribution >= 4 is 11.7 Å². The van der Waals surface area contributed by atoms with Gasteiger partial charge in [-0.25, -0.2) is 4.79 Å². The average Bonchev–Trinajstić information content (AvgIpc) is 3.22. The highest BCUT2D eigenvalue weighted by Gasteiger charge is 2.30. The highest BCUT2D eigenvalue weighted by Crippen LogP contribution is 2.29. The number of piperidine rings is 1. The number of carbonyl (C=O) groups is 1. The summed E-state index contributed by atoms with van der Waals surface area (Å²) in [5.74, 6) is 0.683. The van der Waals surface area contributed by atoms with E-state index < -0.39 is 5.97 Å². The number of nitrogens with zero attached hydrogens (tertiary/aromatic N) is 2. The van der Waals surface area contributed by atoms with Crippen molar-refractivity contribution in [3.05, 3.63) is 59.7 Å². The van der Waals surface area contributed by atoms with Gasteiger partial charge in [-0.05, 0) is 80.1 Å². The van der Waals surface area contributed by atoms with Crippen LogP contribution in [0.3, 0.4) is 0 Å². The molecule has 1 N–H and O–H groups in total. The molecule has 0 amide bonds. The molecule has 0 radical (unpaired) electrons. The van der Waals surface area contributed by atoms with Crippen LogP contribution in [0, 0.1) is 5.92 Å². The van der Waals surface area contributed by atoms with Crippen molar-refractivity contribution in [1.82, 2.24) is 4.90 Å². The van der Waals surface area contributed by atoms with Crippen molar-refractivity contribution in [1.29, 1.82) is 0 Å². The minimum absolute atomic E-state index is 0.392. The predicted molar refractivity (Wildman–Crippen MR) is 115 cm³/mol. The summed E-state index contributed by atoms with van der Waals surface area (Å²) in [6, 6.07) is 16.5. The van der Waals surface area contributed by atoms with Crippen LogP contribution in [-0.4, -0.2) is 55.3 Å². The highest BCUT2D eigenvalue weighted by molar-refractivity contribution is 5.87. The van der Waals surface area contributed by atoms with Gasteiger partial charge in [-0.2, -0.15) is 0 Å². The van der Waals surface area contributed by atoms with Crippen LogP contribution in [0.15, 0.2) is 48.5 Å². The van der Waals surface area contributed by atoms with Gasteiger partial charge in [0, 0.05) is 31.4 Å². The second-order valence-corrected chi connectivity index (χ2v) is 8.28. The molecule has 2 aliphatic heterocycles. The summed E-state index contributed by atoms with van der Waals surface area (Å²) in [5, 5.41) is 9.19. The maximum atomic E-state index is 11.2. The van der Waals surface area contributed by atoms with Crippen LogP contribution in [0.4, 0.5) is 5.69 Å². The molecule has 5 heteroatoms. The number of aromatic carboxylic acids is 1. The topological polar surface area (TPSA) is 53.0 Å². The van der Waals surface area contributed by atoms with Crippen LogP contribution in [-0.2, 0) is 6.42 Å². The summed E-state index contributed by atoms with van der Waals surface area (Å²) >= 11 is 0. The van der Waals surface area contributed by atoms with Gasteiger partial charge in [0.2, 0.25) is 0 Å². The molecule has 5 nitrogen and oxygen atoms in total. The molecule has 0 saturated carbocycles. The minimum atomic E-state index is -0.844. The molecule has 0 aromatic heterocycles. The first-order chi connectivity index (χ1) is 14.1. The van der Waals surface area contributed by atoms with E-state index in [9.17, 15) is 9.90 Å². The molecule has 0 aliphatic carbocycles. The lowest BCUT2D eigenvalue weighted by Crippen LogP contribution is -2.44. The normalized spacial score (nSPS) is 20.7. The Kier molecular flexibility index (Phi) is 6.05. The van der Waals surface area contributed by atoms with Crippen molar-refractivity contribution in [3.63, 3.8) is 0 Å². The van der Waals surface area contributed by atoms with Crippen molar-refractivity contribution < 1.29 is 14.6 Å². The Morgan fingerprint density at radius 3 is 2.52 bits per heavy atom. The molecule has 2 aromatic carbocycles. The van der Waals surface area contributed by atoms with Crippen molar-refractivity contribution in [2.24, 2.45) is 5.92 Å². The maximum Gasteiger partial charge on any atom is 0.335 e. The molecule has 2 fully saturated rings. The van der Waals surface area contributed by atoms with Gasteiger partial charge in [0.05, 0.1) is 12.7 Å². The second-order valence-electron chi connectivity index (χ2n) is 8.28. The Labute approximate surface area is 172 Å². The fraction of sp³-hybridized carbons (Fsp3) is 0.458. The molecule has 154 valence electrons. The fourth-order valence-corrected chi connectivity index (χ4v) is 4.81. The number of benzene rings is 2. The molecule has 1 atom stereocenters. The Hall–Kier alpha value is -2.53. The lowest BCUT2D eigenvalue weighted by atomic mass is 9.97. The van der Waals surface area contributed by atoms with Gasteiger partial charge in [0.25, 0.3) is 0 Å². The van der Waals surface area contributed by atoms with E-state index in [0.29, 0.717) is 17.5 Å². The van der Waals surface area contributed by atoms with Crippen LogP contribution >= 0.6 is 0 Å². The number of likely N-dealkylation sites (tertiary alicyclic amines) is 1. The largest absolute Gasteiger partial charge is 0.497 e. The van der Waals surface area contributed by atoms with E-state index in [2.05, 4.69) is 28.0 Å². The number of anilines is 1.